The second kappa shape index (κ2) is 7.73. The SMILES string of the molecule is CC(C)[C@@H](c1ccc(C(C)(F)F)c(F)c1)n1nc(CF)c2c(=O)[nH]c(N(C)C)nc21. The second-order valence-corrected chi connectivity index (χ2v) is 7.82. The van der Waals surface area contributed by atoms with E-state index in [1.165, 1.54) is 10.7 Å². The van der Waals surface area contributed by atoms with E-state index in [0.29, 0.717) is 12.5 Å². The van der Waals surface area contributed by atoms with Gasteiger partial charge in [-0.2, -0.15) is 10.1 Å². The van der Waals surface area contributed by atoms with Gasteiger partial charge < -0.3 is 4.90 Å². The quantitative estimate of drug-likeness (QED) is 0.603. The summed E-state index contributed by atoms with van der Waals surface area (Å²) in [6, 6.07) is 2.79. The number of aromatic amines is 1. The van der Waals surface area contributed by atoms with Crippen molar-refractivity contribution < 1.29 is 17.6 Å². The molecular formula is C20H23F4N5O. The molecule has 10 heteroatoms. The van der Waals surface area contributed by atoms with Crippen LogP contribution in [0.5, 0.6) is 0 Å². The number of hydrogen-bond acceptors (Lipinski definition) is 4. The van der Waals surface area contributed by atoms with Crippen molar-refractivity contribution in [3.63, 3.8) is 0 Å². The number of rotatable bonds is 6. The van der Waals surface area contributed by atoms with Crippen LogP contribution in [0.3, 0.4) is 0 Å². The summed E-state index contributed by atoms with van der Waals surface area (Å²) in [5.41, 5.74) is -0.852. The van der Waals surface area contributed by atoms with Gasteiger partial charge in [0.05, 0.1) is 11.6 Å². The van der Waals surface area contributed by atoms with E-state index in [0.717, 1.165) is 12.1 Å². The van der Waals surface area contributed by atoms with Crippen LogP contribution in [0.1, 0.15) is 43.6 Å². The largest absolute Gasteiger partial charge is 0.348 e. The minimum atomic E-state index is -3.33. The Hall–Kier alpha value is -2.91. The first-order valence-corrected chi connectivity index (χ1v) is 9.38. The molecule has 0 fully saturated rings. The molecule has 0 bridgehead atoms. The summed E-state index contributed by atoms with van der Waals surface area (Å²) in [6.07, 6.45) is 0. The number of anilines is 1. The van der Waals surface area contributed by atoms with Gasteiger partial charge in [-0.3, -0.25) is 9.78 Å². The van der Waals surface area contributed by atoms with Gasteiger partial charge in [-0.25, -0.2) is 22.2 Å². The Bertz CT molecular complexity index is 1130. The highest BCUT2D eigenvalue weighted by Gasteiger charge is 2.31. The van der Waals surface area contributed by atoms with Gasteiger partial charge in [-0.1, -0.05) is 19.9 Å². The summed E-state index contributed by atoms with van der Waals surface area (Å²) in [6.45, 7) is 3.29. The van der Waals surface area contributed by atoms with Crippen LogP contribution in [0.25, 0.3) is 11.0 Å². The lowest BCUT2D eigenvalue weighted by Crippen LogP contribution is -2.22. The fourth-order valence-electron chi connectivity index (χ4n) is 3.48. The molecule has 0 saturated heterocycles. The van der Waals surface area contributed by atoms with E-state index in [1.54, 1.807) is 19.0 Å². The molecule has 3 rings (SSSR count). The van der Waals surface area contributed by atoms with Gasteiger partial charge in [-0.15, -0.1) is 0 Å². The number of alkyl halides is 3. The zero-order chi connectivity index (χ0) is 22.4. The van der Waals surface area contributed by atoms with Crippen LogP contribution >= 0.6 is 0 Å². The summed E-state index contributed by atoms with van der Waals surface area (Å²) in [4.78, 5) is 21.1. The molecule has 2 heterocycles. The van der Waals surface area contributed by atoms with Crippen LogP contribution < -0.4 is 10.5 Å². The summed E-state index contributed by atoms with van der Waals surface area (Å²) in [5.74, 6) is -4.33. The smallest absolute Gasteiger partial charge is 0.273 e. The summed E-state index contributed by atoms with van der Waals surface area (Å²) < 4.78 is 56.6. The van der Waals surface area contributed by atoms with Crippen LogP contribution in [0, 0.1) is 11.7 Å². The van der Waals surface area contributed by atoms with Crippen LogP contribution in [-0.4, -0.2) is 33.8 Å². The maximum atomic E-state index is 14.5. The van der Waals surface area contributed by atoms with Crippen LogP contribution in [0.2, 0.25) is 0 Å². The van der Waals surface area contributed by atoms with E-state index in [9.17, 15) is 22.4 Å². The number of aromatic nitrogens is 4. The summed E-state index contributed by atoms with van der Waals surface area (Å²) in [7, 11) is 3.36. The molecule has 30 heavy (non-hydrogen) atoms. The van der Waals surface area contributed by atoms with E-state index in [4.69, 9.17) is 0 Å². The first-order chi connectivity index (χ1) is 14.0. The molecule has 3 aromatic rings. The van der Waals surface area contributed by atoms with Crippen molar-refractivity contribution in [2.45, 2.75) is 39.4 Å². The van der Waals surface area contributed by atoms with Crippen molar-refractivity contribution in [1.29, 1.82) is 0 Å². The number of nitrogens with one attached hydrogen (secondary N) is 1. The fraction of sp³-hybridized carbons (Fsp3) is 0.450. The van der Waals surface area contributed by atoms with Gasteiger partial charge in [-0.05, 0) is 23.6 Å². The van der Waals surface area contributed by atoms with E-state index in [2.05, 4.69) is 15.1 Å². The lowest BCUT2D eigenvalue weighted by molar-refractivity contribution is 0.0137. The molecule has 6 nitrogen and oxygen atoms in total. The number of benzene rings is 1. The Kier molecular flexibility index (Phi) is 5.62. The zero-order valence-electron chi connectivity index (χ0n) is 17.3. The van der Waals surface area contributed by atoms with Gasteiger partial charge in [0, 0.05) is 21.0 Å². The van der Waals surface area contributed by atoms with Crippen LogP contribution in [0.4, 0.5) is 23.5 Å². The predicted molar refractivity (Wildman–Crippen MR) is 106 cm³/mol. The van der Waals surface area contributed by atoms with Gasteiger partial charge in [0.25, 0.3) is 11.5 Å². The molecule has 0 amide bonds. The fourth-order valence-corrected chi connectivity index (χ4v) is 3.48. The average Bonchev–Trinajstić information content (AvgIpc) is 2.99. The number of H-pyrrole nitrogens is 1. The first kappa shape index (κ1) is 21.8. The van der Waals surface area contributed by atoms with E-state index in [-0.39, 0.29) is 28.6 Å². The Balaban J connectivity index is 2.27. The number of fused-ring (bicyclic) bond motifs is 1. The molecule has 0 unspecified atom stereocenters. The number of hydrogen-bond donors (Lipinski definition) is 1. The summed E-state index contributed by atoms with van der Waals surface area (Å²) in [5, 5.41) is 4.24. The zero-order valence-corrected chi connectivity index (χ0v) is 17.3. The molecule has 0 aliphatic heterocycles. The second-order valence-electron chi connectivity index (χ2n) is 7.82. The van der Waals surface area contributed by atoms with Crippen LogP contribution in [0.15, 0.2) is 23.0 Å². The minimum Gasteiger partial charge on any atom is -0.348 e. The Morgan fingerprint density at radius 3 is 2.43 bits per heavy atom. The van der Waals surface area contributed by atoms with Gasteiger partial charge in [0.15, 0.2) is 5.65 Å². The van der Waals surface area contributed by atoms with Crippen molar-refractivity contribution in [2.75, 3.05) is 19.0 Å². The van der Waals surface area contributed by atoms with Crippen LogP contribution in [-0.2, 0) is 12.6 Å². The van der Waals surface area contributed by atoms with Crippen molar-refractivity contribution in [2.24, 2.45) is 5.92 Å². The highest BCUT2D eigenvalue weighted by molar-refractivity contribution is 5.78. The third-order valence-electron chi connectivity index (χ3n) is 4.87. The average molecular weight is 425 g/mol. The van der Waals surface area contributed by atoms with Crippen molar-refractivity contribution in [3.8, 4) is 0 Å². The lowest BCUT2D eigenvalue weighted by Gasteiger charge is -2.24. The van der Waals surface area contributed by atoms with Gasteiger partial charge in [0.2, 0.25) is 5.95 Å². The number of halogens is 4. The highest BCUT2D eigenvalue weighted by Crippen LogP contribution is 2.34. The first-order valence-electron chi connectivity index (χ1n) is 9.38. The monoisotopic (exact) mass is 425 g/mol. The van der Waals surface area contributed by atoms with E-state index >= 15 is 0 Å². The molecular weight excluding hydrogens is 402 g/mol. The lowest BCUT2D eigenvalue weighted by atomic mass is 9.94. The standard InChI is InChI=1S/C20H23F4N5O/c1-10(2)16(11-6-7-12(13(22)8-11)20(3,23)24)29-17-15(14(9-21)27-29)18(30)26-19(25-17)28(4)5/h6-8,10,16H,9H2,1-5H3,(H,25,26,30)/t16-/m0/s1. The Morgan fingerprint density at radius 2 is 1.93 bits per heavy atom. The molecule has 1 atom stereocenters. The molecule has 0 aliphatic rings. The van der Waals surface area contributed by atoms with E-state index < -0.39 is 35.6 Å². The molecule has 0 saturated carbocycles. The van der Waals surface area contributed by atoms with E-state index in [1.807, 2.05) is 13.8 Å². The molecule has 0 spiro atoms. The molecule has 0 radical (unpaired) electrons. The molecule has 1 N–H and O–H groups in total. The molecule has 0 aliphatic carbocycles. The third-order valence-corrected chi connectivity index (χ3v) is 4.87. The molecule has 162 valence electrons. The Morgan fingerprint density at radius 1 is 1.27 bits per heavy atom. The highest BCUT2D eigenvalue weighted by atomic mass is 19.3. The maximum Gasteiger partial charge on any atom is 0.273 e. The maximum absolute atomic E-state index is 14.5. The van der Waals surface area contributed by atoms with Crippen molar-refractivity contribution in [3.05, 3.63) is 51.2 Å². The van der Waals surface area contributed by atoms with Gasteiger partial charge >= 0.3 is 0 Å². The molecule has 2 aromatic heterocycles. The topological polar surface area (TPSA) is 66.8 Å². The van der Waals surface area contributed by atoms with Gasteiger partial charge in [0.1, 0.15) is 23.6 Å². The summed E-state index contributed by atoms with van der Waals surface area (Å²) >= 11 is 0. The van der Waals surface area contributed by atoms with Crippen molar-refractivity contribution >= 4 is 17.0 Å². The molecule has 1 aromatic carbocycles. The minimum absolute atomic E-state index is 0.00549. The third kappa shape index (κ3) is 3.78. The van der Waals surface area contributed by atoms with Crippen molar-refractivity contribution in [1.82, 2.24) is 19.7 Å². The Labute approximate surface area is 170 Å². The predicted octanol–water partition coefficient (Wildman–Crippen LogP) is 4.15. The normalized spacial score (nSPS) is 13.3. The number of nitrogens with zero attached hydrogens (tertiary/aromatic N) is 4.